The summed E-state index contributed by atoms with van der Waals surface area (Å²) >= 11 is 3.64. The van der Waals surface area contributed by atoms with Crippen LogP contribution in [0, 0.1) is 0 Å². The molecule has 0 radical (unpaired) electrons. The Hall–Kier alpha value is 0.110. The lowest BCUT2D eigenvalue weighted by atomic mass is 10.0. The van der Waals surface area contributed by atoms with Crippen LogP contribution in [0.15, 0.2) is 0 Å². The van der Waals surface area contributed by atoms with Gasteiger partial charge >= 0.3 is 0 Å². The van der Waals surface area contributed by atoms with Crippen LogP contribution in [0.3, 0.4) is 0 Å². The van der Waals surface area contributed by atoms with Gasteiger partial charge in [0.05, 0.1) is 12.2 Å². The van der Waals surface area contributed by atoms with Crippen molar-refractivity contribution in [3.8, 4) is 0 Å². The predicted molar refractivity (Wildman–Crippen MR) is 74.7 cm³/mol. The predicted octanol–water partition coefficient (Wildman–Crippen LogP) is 4.25. The Morgan fingerprint density at radius 2 is 2.12 bits per heavy atom. The highest BCUT2D eigenvalue weighted by Crippen LogP contribution is 2.29. The molecule has 0 unspecified atom stereocenters. The average Bonchev–Trinajstić information content (AvgIpc) is 2.77. The van der Waals surface area contributed by atoms with Gasteiger partial charge in [-0.2, -0.15) is 0 Å². The third-order valence-corrected chi connectivity index (χ3v) is 4.69. The molecule has 1 fully saturated rings. The van der Waals surface area contributed by atoms with Crippen LogP contribution >= 0.6 is 15.9 Å². The van der Waals surface area contributed by atoms with E-state index in [9.17, 15) is 4.79 Å². The summed E-state index contributed by atoms with van der Waals surface area (Å²) < 4.78 is 5.92. The molecule has 1 rings (SSSR count). The van der Waals surface area contributed by atoms with Crippen molar-refractivity contribution < 1.29 is 9.53 Å². The normalized spacial score (nSPS) is 26.1. The molecule has 1 saturated heterocycles. The standard InChI is InChI=1S/C14H25BrO2/c1-3-5-6-7-11(16)10-12-8-9-14(17-12)13(15)4-2/h12-14H,3-10H2,1-2H3/t12-,13+,14-/m1/s1. The van der Waals surface area contributed by atoms with Crippen molar-refractivity contribution in [2.45, 2.75) is 82.2 Å². The zero-order valence-corrected chi connectivity index (χ0v) is 12.7. The molecule has 3 atom stereocenters. The number of unbranched alkanes of at least 4 members (excludes halogenated alkanes) is 2. The van der Waals surface area contributed by atoms with E-state index in [1.165, 1.54) is 12.8 Å². The number of halogens is 1. The molecule has 0 amide bonds. The Morgan fingerprint density at radius 3 is 2.76 bits per heavy atom. The number of alkyl halides is 1. The molecule has 0 aromatic heterocycles. The van der Waals surface area contributed by atoms with Crippen LogP contribution < -0.4 is 0 Å². The molecule has 0 bridgehead atoms. The maximum absolute atomic E-state index is 11.7. The molecule has 3 heteroatoms. The monoisotopic (exact) mass is 304 g/mol. The Bertz CT molecular complexity index is 230. The summed E-state index contributed by atoms with van der Waals surface area (Å²) in [5, 5.41) is 0. The number of rotatable bonds is 8. The third kappa shape index (κ3) is 5.52. The molecule has 100 valence electrons. The van der Waals surface area contributed by atoms with E-state index in [1.807, 2.05) is 0 Å². The van der Waals surface area contributed by atoms with E-state index in [0.717, 1.165) is 32.1 Å². The lowest BCUT2D eigenvalue weighted by Crippen LogP contribution is -2.21. The molecule has 0 saturated carbocycles. The summed E-state index contributed by atoms with van der Waals surface area (Å²) in [6, 6.07) is 0. The molecule has 0 N–H and O–H groups in total. The summed E-state index contributed by atoms with van der Waals surface area (Å²) in [4.78, 5) is 12.2. The topological polar surface area (TPSA) is 26.3 Å². The van der Waals surface area contributed by atoms with Crippen LogP contribution in [0.1, 0.15) is 65.2 Å². The molecule has 0 aromatic carbocycles. The van der Waals surface area contributed by atoms with Crippen LogP contribution in [0.2, 0.25) is 0 Å². The molecule has 1 heterocycles. The maximum Gasteiger partial charge on any atom is 0.135 e. The maximum atomic E-state index is 11.7. The molecule has 17 heavy (non-hydrogen) atoms. The van der Waals surface area contributed by atoms with Gasteiger partial charge in [0.15, 0.2) is 0 Å². The van der Waals surface area contributed by atoms with E-state index >= 15 is 0 Å². The fraction of sp³-hybridized carbons (Fsp3) is 0.929. The number of carbonyl (C=O) groups is 1. The second kappa shape index (κ2) is 8.25. The molecule has 1 aliphatic heterocycles. The zero-order valence-electron chi connectivity index (χ0n) is 11.1. The van der Waals surface area contributed by atoms with Crippen LogP contribution in [-0.4, -0.2) is 22.8 Å². The summed E-state index contributed by atoms with van der Waals surface area (Å²) in [7, 11) is 0. The van der Waals surface area contributed by atoms with Crippen molar-refractivity contribution in [3.05, 3.63) is 0 Å². The number of Topliss-reactive ketones (excluding diaryl/α,β-unsaturated/α-hetero) is 1. The molecular weight excluding hydrogens is 280 g/mol. The minimum Gasteiger partial charge on any atom is -0.373 e. The second-order valence-electron chi connectivity index (χ2n) is 5.00. The second-order valence-corrected chi connectivity index (χ2v) is 6.17. The van der Waals surface area contributed by atoms with Gasteiger partial charge in [-0.05, 0) is 25.7 Å². The third-order valence-electron chi connectivity index (χ3n) is 3.45. The lowest BCUT2D eigenvalue weighted by molar-refractivity contribution is -0.121. The first-order valence-corrected chi connectivity index (χ1v) is 7.90. The first kappa shape index (κ1) is 15.2. The minimum atomic E-state index is 0.181. The van der Waals surface area contributed by atoms with Crippen molar-refractivity contribution in [3.63, 3.8) is 0 Å². The summed E-state index contributed by atoms with van der Waals surface area (Å²) in [5.41, 5.74) is 0. The Kier molecular flexibility index (Phi) is 7.36. The van der Waals surface area contributed by atoms with Gasteiger partial charge in [0, 0.05) is 17.7 Å². The van der Waals surface area contributed by atoms with Gasteiger partial charge in [0.2, 0.25) is 0 Å². The van der Waals surface area contributed by atoms with Gasteiger partial charge in [-0.25, -0.2) is 0 Å². The number of hydrogen-bond donors (Lipinski definition) is 0. The summed E-state index contributed by atoms with van der Waals surface area (Å²) in [5.74, 6) is 0.381. The van der Waals surface area contributed by atoms with E-state index in [4.69, 9.17) is 4.74 Å². The van der Waals surface area contributed by atoms with Gasteiger partial charge in [0.25, 0.3) is 0 Å². The van der Waals surface area contributed by atoms with Gasteiger partial charge in [-0.3, -0.25) is 4.79 Å². The molecule has 1 aliphatic rings. The van der Waals surface area contributed by atoms with Crippen molar-refractivity contribution in [2.24, 2.45) is 0 Å². The van der Waals surface area contributed by atoms with Gasteiger partial charge in [-0.1, -0.05) is 42.6 Å². The van der Waals surface area contributed by atoms with E-state index in [0.29, 0.717) is 23.1 Å². The fourth-order valence-electron chi connectivity index (χ4n) is 2.34. The Labute approximate surface area is 114 Å². The van der Waals surface area contributed by atoms with Gasteiger partial charge < -0.3 is 4.74 Å². The van der Waals surface area contributed by atoms with E-state index < -0.39 is 0 Å². The molecule has 0 aliphatic carbocycles. The number of ether oxygens (including phenoxy) is 1. The molecule has 2 nitrogen and oxygen atoms in total. The van der Waals surface area contributed by atoms with Crippen LogP contribution in [-0.2, 0) is 9.53 Å². The smallest absolute Gasteiger partial charge is 0.135 e. The zero-order chi connectivity index (χ0) is 12.7. The SMILES string of the molecule is CCCCCC(=O)C[C@H]1CC[C@H]([C@@H](Br)CC)O1. The van der Waals surface area contributed by atoms with Crippen molar-refractivity contribution in [2.75, 3.05) is 0 Å². The highest BCUT2D eigenvalue weighted by atomic mass is 79.9. The minimum absolute atomic E-state index is 0.181. The molecular formula is C14H25BrO2. The quantitative estimate of drug-likeness (QED) is 0.495. The van der Waals surface area contributed by atoms with E-state index in [-0.39, 0.29) is 6.10 Å². The van der Waals surface area contributed by atoms with E-state index in [1.54, 1.807) is 0 Å². The van der Waals surface area contributed by atoms with Crippen molar-refractivity contribution in [1.29, 1.82) is 0 Å². The fourth-order valence-corrected chi connectivity index (χ4v) is 2.73. The summed E-state index contributed by atoms with van der Waals surface area (Å²) in [6.45, 7) is 4.32. The van der Waals surface area contributed by atoms with E-state index in [2.05, 4.69) is 29.8 Å². The average molecular weight is 305 g/mol. The van der Waals surface area contributed by atoms with Gasteiger partial charge in [-0.15, -0.1) is 0 Å². The first-order chi connectivity index (χ1) is 8.17. The summed E-state index contributed by atoms with van der Waals surface area (Å²) in [6.07, 6.45) is 8.48. The number of carbonyl (C=O) groups excluding carboxylic acids is 1. The van der Waals surface area contributed by atoms with Crippen molar-refractivity contribution in [1.82, 2.24) is 0 Å². The van der Waals surface area contributed by atoms with Crippen LogP contribution in [0.25, 0.3) is 0 Å². The van der Waals surface area contributed by atoms with Crippen molar-refractivity contribution >= 4 is 21.7 Å². The lowest BCUT2D eigenvalue weighted by Gasteiger charge is -2.17. The molecule has 0 spiro atoms. The highest BCUT2D eigenvalue weighted by molar-refractivity contribution is 9.09. The van der Waals surface area contributed by atoms with Crippen LogP contribution in [0.4, 0.5) is 0 Å². The first-order valence-electron chi connectivity index (χ1n) is 6.98. The Morgan fingerprint density at radius 1 is 1.35 bits per heavy atom. The van der Waals surface area contributed by atoms with Gasteiger partial charge in [0.1, 0.15) is 5.78 Å². The van der Waals surface area contributed by atoms with Crippen LogP contribution in [0.5, 0.6) is 0 Å². The number of ketones is 1. The largest absolute Gasteiger partial charge is 0.373 e. The number of hydrogen-bond acceptors (Lipinski definition) is 2. The highest BCUT2D eigenvalue weighted by Gasteiger charge is 2.30. The Balaban J connectivity index is 2.18. The molecule has 0 aromatic rings.